The van der Waals surface area contributed by atoms with Gasteiger partial charge in [0.05, 0.1) is 0 Å². The zero-order valence-corrected chi connectivity index (χ0v) is 12.9. The monoisotopic (exact) mass is 338 g/mol. The lowest BCUT2D eigenvalue weighted by atomic mass is 10.1. The van der Waals surface area contributed by atoms with Crippen LogP contribution in [0.2, 0.25) is 0 Å². The Kier molecular flexibility index (Phi) is 4.11. The molecule has 0 bridgehead atoms. The first-order valence-corrected chi connectivity index (χ1v) is 7.70. The first kappa shape index (κ1) is 15.9. The molecule has 2 fully saturated rings. The van der Waals surface area contributed by atoms with Gasteiger partial charge in [-0.25, -0.2) is 0 Å². The molecule has 3 heterocycles. The number of nitrogens with two attached hydrogens (primary N) is 1. The highest BCUT2D eigenvalue weighted by atomic mass is 32.2. The molecule has 3 rings (SSSR count). The number of amidine groups is 1. The van der Waals surface area contributed by atoms with Crippen LogP contribution in [0.4, 0.5) is 4.79 Å². The van der Waals surface area contributed by atoms with E-state index in [2.05, 4.69) is 21.8 Å². The summed E-state index contributed by atoms with van der Waals surface area (Å²) >= 11 is 0.739. The van der Waals surface area contributed by atoms with Crippen LogP contribution in [0.1, 0.15) is 13.3 Å². The molecule has 3 aliphatic heterocycles. The normalized spacial score (nSPS) is 34.5. The second-order valence-electron chi connectivity index (χ2n) is 5.12. The van der Waals surface area contributed by atoms with Crippen molar-refractivity contribution in [2.24, 2.45) is 15.7 Å². The van der Waals surface area contributed by atoms with Crippen LogP contribution in [-0.4, -0.2) is 67.8 Å². The van der Waals surface area contributed by atoms with Gasteiger partial charge in [0.2, 0.25) is 5.96 Å². The van der Waals surface area contributed by atoms with Crippen molar-refractivity contribution in [1.82, 2.24) is 4.90 Å². The molecule has 4 N–H and O–H groups in total. The third-order valence-electron chi connectivity index (χ3n) is 3.59. The zero-order chi connectivity index (χ0) is 16.7. The molecule has 0 aromatic rings. The van der Waals surface area contributed by atoms with E-state index in [1.807, 2.05) is 0 Å². The van der Waals surface area contributed by atoms with Crippen molar-refractivity contribution in [3.05, 3.63) is 0 Å². The molecule has 122 valence electrons. The minimum atomic E-state index is -1.08. The molecule has 23 heavy (non-hydrogen) atoms. The molecule has 0 aromatic carbocycles. The summed E-state index contributed by atoms with van der Waals surface area (Å²) in [5.41, 5.74) is 5.47. The third kappa shape index (κ3) is 2.72. The van der Waals surface area contributed by atoms with Crippen LogP contribution in [0.5, 0.6) is 0 Å². The number of nitrogens with zero attached hydrogens (tertiary/aromatic N) is 3. The van der Waals surface area contributed by atoms with E-state index >= 15 is 0 Å². The zero-order valence-electron chi connectivity index (χ0n) is 12.0. The van der Waals surface area contributed by atoms with E-state index < -0.39 is 40.9 Å². The average molecular weight is 338 g/mol. The largest absolute Gasteiger partial charge is 0.388 e. The summed E-state index contributed by atoms with van der Waals surface area (Å²) < 4.78 is 5.58. The minimum Gasteiger partial charge on any atom is -0.388 e. The lowest BCUT2D eigenvalue weighted by molar-refractivity contribution is -0.116. The van der Waals surface area contributed by atoms with Crippen LogP contribution in [0.15, 0.2) is 9.98 Å². The summed E-state index contributed by atoms with van der Waals surface area (Å²) in [4.78, 5) is 32.6. The Hall–Kier alpha value is -1.93. The fourth-order valence-electron chi connectivity index (χ4n) is 2.61. The van der Waals surface area contributed by atoms with Gasteiger partial charge in [0.15, 0.2) is 11.5 Å². The molecule has 0 aliphatic carbocycles. The molecular weight excluding hydrogens is 324 g/mol. The molecule has 0 saturated carbocycles. The van der Waals surface area contributed by atoms with E-state index in [0.717, 1.165) is 16.7 Å². The predicted molar refractivity (Wildman–Crippen MR) is 81.4 cm³/mol. The Balaban J connectivity index is 1.86. The van der Waals surface area contributed by atoms with Crippen molar-refractivity contribution in [2.45, 2.75) is 43.1 Å². The maximum atomic E-state index is 12.2. The summed E-state index contributed by atoms with van der Waals surface area (Å²) in [5, 5.41) is 18.7. The van der Waals surface area contributed by atoms with Crippen molar-refractivity contribution in [3.63, 3.8) is 0 Å². The highest BCUT2D eigenvalue weighted by molar-refractivity contribution is 8.16. The van der Waals surface area contributed by atoms with Gasteiger partial charge in [-0.2, -0.15) is 9.98 Å². The molecule has 9 nitrogen and oxygen atoms in total. The number of carbonyl (C=O) groups excluding carboxylic acids is 2. The number of rotatable bonds is 2. The van der Waals surface area contributed by atoms with E-state index in [1.54, 1.807) is 6.92 Å². The van der Waals surface area contributed by atoms with Crippen molar-refractivity contribution in [2.75, 3.05) is 0 Å². The molecule has 2 saturated heterocycles. The number of thioether (sulfide) groups is 1. The van der Waals surface area contributed by atoms with E-state index in [1.165, 1.54) is 0 Å². The van der Waals surface area contributed by atoms with Crippen LogP contribution in [0.3, 0.4) is 0 Å². The van der Waals surface area contributed by atoms with E-state index in [4.69, 9.17) is 10.5 Å². The minimum absolute atomic E-state index is 0.0956. The Morgan fingerprint density at radius 1 is 1.48 bits per heavy atom. The Labute approximate surface area is 135 Å². The van der Waals surface area contributed by atoms with E-state index in [9.17, 15) is 19.8 Å². The lowest BCUT2D eigenvalue weighted by Crippen LogP contribution is -2.48. The van der Waals surface area contributed by atoms with Gasteiger partial charge in [0.25, 0.3) is 11.1 Å². The highest BCUT2D eigenvalue weighted by Gasteiger charge is 2.52. The Morgan fingerprint density at radius 2 is 2.22 bits per heavy atom. The number of amides is 2. The van der Waals surface area contributed by atoms with Gasteiger partial charge < -0.3 is 20.7 Å². The number of hydrogen-bond acceptors (Lipinski definition) is 8. The fourth-order valence-corrected chi connectivity index (χ4v) is 3.55. The quantitative estimate of drug-likeness (QED) is 0.528. The van der Waals surface area contributed by atoms with Crippen molar-refractivity contribution < 1.29 is 24.5 Å². The number of aliphatic hydroxyl groups excluding tert-OH is 2. The SMILES string of the molecule is CC#CC(O)[C@@H]1C[C@@H](O)[C@H](N2C(=O)SC3C(=O)N=C(N)N=C32)O1. The van der Waals surface area contributed by atoms with Crippen LogP contribution < -0.4 is 5.73 Å². The number of guanidine groups is 1. The summed E-state index contributed by atoms with van der Waals surface area (Å²) in [6.07, 6.45) is -3.83. The van der Waals surface area contributed by atoms with E-state index in [0.29, 0.717) is 0 Å². The summed E-state index contributed by atoms with van der Waals surface area (Å²) in [6.45, 7) is 1.57. The molecule has 2 amide bonds. The maximum absolute atomic E-state index is 12.2. The number of hydrogen-bond donors (Lipinski definition) is 3. The summed E-state index contributed by atoms with van der Waals surface area (Å²) in [7, 11) is 0. The molecule has 10 heteroatoms. The smallest absolute Gasteiger partial charge is 0.290 e. The summed E-state index contributed by atoms with van der Waals surface area (Å²) in [5.74, 6) is 4.37. The van der Waals surface area contributed by atoms with Gasteiger partial charge in [-0.1, -0.05) is 5.92 Å². The lowest BCUT2D eigenvalue weighted by Gasteiger charge is -2.27. The standard InChI is InChI=1S/C13H14N4O5S/c1-2-3-5(18)7-4-6(19)11(22-7)17-9-8(23-13(17)21)10(20)16-12(14)15-9/h5-8,11,18-19H,4H2,1H3,(H2,14,16,20)/t5?,6-,7+,8?,11-/m1/s1. The first-order valence-electron chi connectivity index (χ1n) is 6.82. The molecule has 3 aliphatic rings. The Bertz CT molecular complexity index is 682. The topological polar surface area (TPSA) is 138 Å². The second kappa shape index (κ2) is 5.93. The number of carbonyl (C=O) groups is 2. The summed E-state index contributed by atoms with van der Waals surface area (Å²) in [6, 6.07) is 0. The molecular formula is C13H14N4O5S. The number of fused-ring (bicyclic) bond motifs is 1. The second-order valence-corrected chi connectivity index (χ2v) is 6.18. The van der Waals surface area contributed by atoms with Crippen LogP contribution in [-0.2, 0) is 9.53 Å². The van der Waals surface area contributed by atoms with Crippen molar-refractivity contribution in [1.29, 1.82) is 0 Å². The van der Waals surface area contributed by atoms with Gasteiger partial charge in [-0.05, 0) is 18.7 Å². The molecule has 0 aromatic heterocycles. The van der Waals surface area contributed by atoms with Gasteiger partial charge in [0, 0.05) is 6.42 Å². The first-order chi connectivity index (χ1) is 10.9. The van der Waals surface area contributed by atoms with Crippen molar-refractivity contribution >= 4 is 34.7 Å². The third-order valence-corrected chi connectivity index (χ3v) is 4.64. The number of ether oxygens (including phenoxy) is 1. The average Bonchev–Trinajstić information content (AvgIpc) is 2.99. The predicted octanol–water partition coefficient (Wildman–Crippen LogP) is -1.36. The van der Waals surface area contributed by atoms with Crippen LogP contribution >= 0.6 is 11.8 Å². The van der Waals surface area contributed by atoms with Gasteiger partial charge in [-0.15, -0.1) is 5.92 Å². The highest BCUT2D eigenvalue weighted by Crippen LogP contribution is 2.36. The molecule has 0 radical (unpaired) electrons. The fraction of sp³-hybridized carbons (Fsp3) is 0.538. The molecule has 5 atom stereocenters. The number of aliphatic imine (C=N–C) groups is 2. The molecule has 2 unspecified atom stereocenters. The Morgan fingerprint density at radius 3 is 2.91 bits per heavy atom. The number of aliphatic hydroxyl groups is 2. The van der Waals surface area contributed by atoms with E-state index in [-0.39, 0.29) is 18.2 Å². The van der Waals surface area contributed by atoms with Gasteiger partial charge >= 0.3 is 0 Å². The van der Waals surface area contributed by atoms with Gasteiger partial charge in [-0.3, -0.25) is 14.5 Å². The van der Waals surface area contributed by atoms with Crippen LogP contribution in [0, 0.1) is 11.8 Å². The molecule has 0 spiro atoms. The van der Waals surface area contributed by atoms with Gasteiger partial charge in [0.1, 0.15) is 24.1 Å². The van der Waals surface area contributed by atoms with Crippen LogP contribution in [0.25, 0.3) is 0 Å². The van der Waals surface area contributed by atoms with Crippen molar-refractivity contribution in [3.8, 4) is 11.8 Å². The maximum Gasteiger partial charge on any atom is 0.290 e.